The minimum absolute atomic E-state index is 0.666. The summed E-state index contributed by atoms with van der Waals surface area (Å²) < 4.78 is 11.1. The Bertz CT molecular complexity index is 540. The van der Waals surface area contributed by atoms with Gasteiger partial charge in [0.1, 0.15) is 9.31 Å². The Morgan fingerprint density at radius 2 is 1.89 bits per heavy atom. The highest BCUT2D eigenvalue weighted by Gasteiger charge is 2.18. The lowest BCUT2D eigenvalue weighted by Gasteiger charge is -2.07. The standard InChI is InChI=1S/C12H11NO2S3/c1-14-8-4-3-7(5-9(8)15-2)6-10-11(16)13-12(17)18-10/h3-6H,1-2H3,(H,13,16,17). The fraction of sp³-hybridized carbons (Fsp3) is 0.167. The normalized spacial score (nSPS) is 16.9. The van der Waals surface area contributed by atoms with Crippen molar-refractivity contribution < 1.29 is 9.47 Å². The third-order valence-electron chi connectivity index (χ3n) is 2.35. The summed E-state index contributed by atoms with van der Waals surface area (Å²) in [5.74, 6) is 1.39. The van der Waals surface area contributed by atoms with Crippen LogP contribution < -0.4 is 14.8 Å². The van der Waals surface area contributed by atoms with Crippen molar-refractivity contribution in [3.63, 3.8) is 0 Å². The topological polar surface area (TPSA) is 30.5 Å². The molecule has 1 heterocycles. The number of thioether (sulfide) groups is 1. The molecular weight excluding hydrogens is 286 g/mol. The Morgan fingerprint density at radius 1 is 1.17 bits per heavy atom. The first-order valence-corrected chi connectivity index (χ1v) is 6.74. The van der Waals surface area contributed by atoms with Gasteiger partial charge in [0.2, 0.25) is 0 Å². The molecule has 3 nitrogen and oxygen atoms in total. The van der Waals surface area contributed by atoms with Crippen LogP contribution in [0.3, 0.4) is 0 Å². The molecule has 1 aliphatic heterocycles. The fourth-order valence-corrected chi connectivity index (χ4v) is 2.99. The number of benzene rings is 1. The third kappa shape index (κ3) is 2.82. The van der Waals surface area contributed by atoms with Gasteiger partial charge in [-0.15, -0.1) is 0 Å². The Hall–Kier alpha value is -1.11. The number of thiocarbonyl (C=S) groups is 2. The van der Waals surface area contributed by atoms with E-state index in [4.69, 9.17) is 33.9 Å². The number of ether oxygens (including phenoxy) is 2. The molecule has 0 unspecified atom stereocenters. The molecule has 0 atom stereocenters. The fourth-order valence-electron chi connectivity index (χ4n) is 1.52. The van der Waals surface area contributed by atoms with Crippen LogP contribution in [0, 0.1) is 0 Å². The summed E-state index contributed by atoms with van der Waals surface area (Å²) in [6.07, 6.45) is 1.97. The second-order valence-corrected chi connectivity index (χ2v) is 5.59. The molecule has 0 aromatic heterocycles. The average molecular weight is 297 g/mol. The number of methoxy groups -OCH3 is 2. The summed E-state index contributed by atoms with van der Waals surface area (Å²) in [5.41, 5.74) is 0.990. The van der Waals surface area contributed by atoms with Gasteiger partial charge in [0, 0.05) is 4.91 Å². The van der Waals surface area contributed by atoms with E-state index in [0.29, 0.717) is 20.8 Å². The lowest BCUT2D eigenvalue weighted by Crippen LogP contribution is -2.15. The zero-order valence-corrected chi connectivity index (χ0v) is 12.3. The first kappa shape index (κ1) is 13.3. The van der Waals surface area contributed by atoms with Crippen LogP contribution in [0.25, 0.3) is 6.08 Å². The lowest BCUT2D eigenvalue weighted by atomic mass is 10.2. The maximum Gasteiger partial charge on any atom is 0.161 e. The van der Waals surface area contributed by atoms with Gasteiger partial charge >= 0.3 is 0 Å². The maximum absolute atomic E-state index is 5.25. The third-order valence-corrected chi connectivity index (χ3v) is 3.98. The molecule has 0 bridgehead atoms. The van der Waals surface area contributed by atoms with Crippen molar-refractivity contribution in [1.29, 1.82) is 0 Å². The Kier molecular flexibility index (Phi) is 4.21. The van der Waals surface area contributed by atoms with Gasteiger partial charge in [-0.1, -0.05) is 42.3 Å². The van der Waals surface area contributed by atoms with Gasteiger partial charge in [0.05, 0.1) is 14.2 Å². The van der Waals surface area contributed by atoms with E-state index in [9.17, 15) is 0 Å². The molecule has 0 amide bonds. The molecule has 1 fully saturated rings. The highest BCUT2D eigenvalue weighted by Crippen LogP contribution is 2.31. The predicted octanol–water partition coefficient (Wildman–Crippen LogP) is 2.99. The molecule has 1 aromatic rings. The predicted molar refractivity (Wildman–Crippen MR) is 83.4 cm³/mol. The molecule has 1 N–H and O–H groups in total. The monoisotopic (exact) mass is 297 g/mol. The molecule has 0 saturated carbocycles. The molecule has 0 aliphatic carbocycles. The quantitative estimate of drug-likeness (QED) is 0.682. The number of rotatable bonds is 3. The van der Waals surface area contributed by atoms with Crippen LogP contribution in [0.2, 0.25) is 0 Å². The van der Waals surface area contributed by atoms with Crippen molar-refractivity contribution in [3.05, 3.63) is 28.7 Å². The van der Waals surface area contributed by atoms with Crippen molar-refractivity contribution in [2.75, 3.05) is 14.2 Å². The minimum Gasteiger partial charge on any atom is -0.493 e. The van der Waals surface area contributed by atoms with Crippen LogP contribution >= 0.6 is 36.2 Å². The molecule has 0 radical (unpaired) electrons. The van der Waals surface area contributed by atoms with Crippen molar-refractivity contribution in [2.45, 2.75) is 0 Å². The van der Waals surface area contributed by atoms with E-state index < -0.39 is 0 Å². The summed E-state index contributed by atoms with van der Waals surface area (Å²) in [7, 11) is 3.22. The van der Waals surface area contributed by atoms with E-state index in [1.165, 1.54) is 11.8 Å². The maximum atomic E-state index is 5.25. The minimum atomic E-state index is 0.666. The summed E-state index contributed by atoms with van der Waals surface area (Å²) in [5, 5.41) is 2.94. The van der Waals surface area contributed by atoms with Crippen LogP contribution in [-0.2, 0) is 0 Å². The van der Waals surface area contributed by atoms with E-state index in [1.54, 1.807) is 14.2 Å². The lowest BCUT2D eigenvalue weighted by molar-refractivity contribution is 0.355. The van der Waals surface area contributed by atoms with Gasteiger partial charge in [0.25, 0.3) is 0 Å². The molecule has 6 heteroatoms. The van der Waals surface area contributed by atoms with Crippen LogP contribution in [0.5, 0.6) is 11.5 Å². The second-order valence-electron chi connectivity index (χ2n) is 3.47. The van der Waals surface area contributed by atoms with E-state index in [-0.39, 0.29) is 0 Å². The average Bonchev–Trinajstić information content (AvgIpc) is 2.67. The van der Waals surface area contributed by atoms with Gasteiger partial charge in [-0.3, -0.25) is 0 Å². The van der Waals surface area contributed by atoms with Gasteiger partial charge in [-0.05, 0) is 23.8 Å². The van der Waals surface area contributed by atoms with Gasteiger partial charge in [0.15, 0.2) is 11.5 Å². The number of nitrogens with one attached hydrogen (secondary N) is 1. The van der Waals surface area contributed by atoms with Crippen LogP contribution in [0.1, 0.15) is 5.56 Å². The summed E-state index contributed by atoms with van der Waals surface area (Å²) >= 11 is 11.7. The highest BCUT2D eigenvalue weighted by molar-refractivity contribution is 8.27. The number of hydrogen-bond acceptors (Lipinski definition) is 5. The first-order chi connectivity index (χ1) is 8.63. The summed E-state index contributed by atoms with van der Waals surface area (Å²) in [6.45, 7) is 0. The SMILES string of the molecule is COc1ccc(C=C2SC(=S)NC2=S)cc1OC. The van der Waals surface area contributed by atoms with Crippen molar-refractivity contribution in [3.8, 4) is 11.5 Å². The van der Waals surface area contributed by atoms with Crippen molar-refractivity contribution in [1.82, 2.24) is 5.32 Å². The van der Waals surface area contributed by atoms with Crippen molar-refractivity contribution >= 4 is 51.6 Å². The molecule has 94 valence electrons. The summed E-state index contributed by atoms with van der Waals surface area (Å²) in [6, 6.07) is 5.70. The van der Waals surface area contributed by atoms with Crippen LogP contribution in [0.4, 0.5) is 0 Å². The highest BCUT2D eigenvalue weighted by atomic mass is 32.2. The van der Waals surface area contributed by atoms with Gasteiger partial charge < -0.3 is 14.8 Å². The Balaban J connectivity index is 2.32. The van der Waals surface area contributed by atoms with Crippen LogP contribution in [-0.4, -0.2) is 23.5 Å². The molecule has 18 heavy (non-hydrogen) atoms. The zero-order chi connectivity index (χ0) is 13.1. The molecule has 0 spiro atoms. The molecular formula is C12H11NO2S3. The zero-order valence-electron chi connectivity index (χ0n) is 9.85. The van der Waals surface area contributed by atoms with E-state index in [1.807, 2.05) is 24.3 Å². The van der Waals surface area contributed by atoms with Gasteiger partial charge in [-0.25, -0.2) is 0 Å². The van der Waals surface area contributed by atoms with Crippen LogP contribution in [0.15, 0.2) is 23.1 Å². The van der Waals surface area contributed by atoms with Gasteiger partial charge in [-0.2, -0.15) is 0 Å². The first-order valence-electron chi connectivity index (χ1n) is 5.11. The Labute approximate surface area is 121 Å². The second kappa shape index (κ2) is 5.69. The Morgan fingerprint density at radius 3 is 2.44 bits per heavy atom. The largest absolute Gasteiger partial charge is 0.493 e. The summed E-state index contributed by atoms with van der Waals surface area (Å²) in [4.78, 5) is 1.61. The molecule has 2 rings (SSSR count). The molecule has 1 saturated heterocycles. The smallest absolute Gasteiger partial charge is 0.161 e. The number of hydrogen-bond donors (Lipinski definition) is 1. The van der Waals surface area contributed by atoms with E-state index in [2.05, 4.69) is 5.32 Å². The molecule has 1 aliphatic rings. The van der Waals surface area contributed by atoms with Crippen molar-refractivity contribution in [2.24, 2.45) is 0 Å². The van der Waals surface area contributed by atoms with E-state index in [0.717, 1.165) is 10.5 Å². The van der Waals surface area contributed by atoms with E-state index >= 15 is 0 Å². The molecule has 1 aromatic carbocycles.